The number of benzene rings is 1. The van der Waals surface area contributed by atoms with Gasteiger partial charge in [-0.25, -0.2) is 4.98 Å². The molecule has 1 aromatic carbocycles. The molecule has 0 spiro atoms. The standard InChI is InChI=1S/C15H12N4OS/c16-15(20)10-2-1-3-12(6-10)19-14-8-17-13(7-18-14)11-4-5-21-9-11/h1-9H,(H2,16,20)(H,18,19). The van der Waals surface area contributed by atoms with Gasteiger partial charge < -0.3 is 11.1 Å². The van der Waals surface area contributed by atoms with E-state index in [2.05, 4.69) is 15.3 Å². The van der Waals surface area contributed by atoms with Crippen LogP contribution in [-0.2, 0) is 0 Å². The lowest BCUT2D eigenvalue weighted by Gasteiger charge is -2.06. The minimum atomic E-state index is -0.461. The zero-order valence-electron chi connectivity index (χ0n) is 11.0. The van der Waals surface area contributed by atoms with Crippen molar-refractivity contribution in [1.82, 2.24) is 9.97 Å². The molecule has 0 aliphatic heterocycles. The van der Waals surface area contributed by atoms with Crippen LogP contribution in [0.4, 0.5) is 11.5 Å². The lowest BCUT2D eigenvalue weighted by molar-refractivity contribution is 0.100. The van der Waals surface area contributed by atoms with Crippen LogP contribution < -0.4 is 11.1 Å². The number of aromatic nitrogens is 2. The molecule has 21 heavy (non-hydrogen) atoms. The third kappa shape index (κ3) is 3.06. The van der Waals surface area contributed by atoms with E-state index in [1.807, 2.05) is 22.9 Å². The summed E-state index contributed by atoms with van der Waals surface area (Å²) in [5.74, 6) is 0.146. The molecule has 0 atom stereocenters. The van der Waals surface area contributed by atoms with Crippen molar-refractivity contribution in [2.75, 3.05) is 5.32 Å². The molecule has 0 radical (unpaired) electrons. The average Bonchev–Trinajstić information content (AvgIpc) is 3.02. The van der Waals surface area contributed by atoms with Gasteiger partial charge in [-0.2, -0.15) is 11.3 Å². The van der Waals surface area contributed by atoms with E-state index in [0.717, 1.165) is 16.9 Å². The minimum Gasteiger partial charge on any atom is -0.366 e. The van der Waals surface area contributed by atoms with Crippen LogP contribution in [0.5, 0.6) is 0 Å². The molecular formula is C15H12N4OS. The Balaban J connectivity index is 1.79. The number of rotatable bonds is 4. The minimum absolute atomic E-state index is 0.447. The first-order chi connectivity index (χ1) is 10.2. The summed E-state index contributed by atoms with van der Waals surface area (Å²) >= 11 is 1.62. The van der Waals surface area contributed by atoms with E-state index in [1.165, 1.54) is 0 Å². The molecule has 1 amide bonds. The third-order valence-corrected chi connectivity index (χ3v) is 3.57. The fourth-order valence-electron chi connectivity index (χ4n) is 1.85. The second kappa shape index (κ2) is 5.72. The predicted molar refractivity (Wildman–Crippen MR) is 83.6 cm³/mol. The van der Waals surface area contributed by atoms with E-state index in [0.29, 0.717) is 11.4 Å². The molecule has 0 unspecified atom stereocenters. The second-order valence-electron chi connectivity index (χ2n) is 4.37. The lowest BCUT2D eigenvalue weighted by Crippen LogP contribution is -2.10. The Hall–Kier alpha value is -2.73. The summed E-state index contributed by atoms with van der Waals surface area (Å²) < 4.78 is 0. The lowest BCUT2D eigenvalue weighted by atomic mass is 10.2. The molecule has 3 rings (SSSR count). The summed E-state index contributed by atoms with van der Waals surface area (Å²) in [6.45, 7) is 0. The SMILES string of the molecule is NC(=O)c1cccc(Nc2cnc(-c3ccsc3)cn2)c1. The van der Waals surface area contributed by atoms with Crippen LogP contribution in [0.2, 0.25) is 0 Å². The van der Waals surface area contributed by atoms with Gasteiger partial charge in [0.25, 0.3) is 0 Å². The number of carbonyl (C=O) groups excluding carboxylic acids is 1. The van der Waals surface area contributed by atoms with Crippen LogP contribution in [0.25, 0.3) is 11.3 Å². The zero-order chi connectivity index (χ0) is 14.7. The van der Waals surface area contributed by atoms with Crippen LogP contribution in [-0.4, -0.2) is 15.9 Å². The van der Waals surface area contributed by atoms with Gasteiger partial charge in [0.2, 0.25) is 5.91 Å². The van der Waals surface area contributed by atoms with Gasteiger partial charge in [-0.1, -0.05) is 6.07 Å². The smallest absolute Gasteiger partial charge is 0.248 e. The van der Waals surface area contributed by atoms with Crippen LogP contribution >= 0.6 is 11.3 Å². The van der Waals surface area contributed by atoms with Gasteiger partial charge in [-0.05, 0) is 29.6 Å². The molecule has 2 heterocycles. The molecule has 0 bridgehead atoms. The number of nitrogens with one attached hydrogen (secondary N) is 1. The highest BCUT2D eigenvalue weighted by molar-refractivity contribution is 7.08. The summed E-state index contributed by atoms with van der Waals surface area (Å²) in [6, 6.07) is 8.93. The molecule has 6 heteroatoms. The highest BCUT2D eigenvalue weighted by Gasteiger charge is 2.04. The summed E-state index contributed by atoms with van der Waals surface area (Å²) in [6.07, 6.45) is 3.37. The van der Waals surface area contributed by atoms with Gasteiger partial charge in [0.15, 0.2) is 0 Å². The zero-order valence-corrected chi connectivity index (χ0v) is 11.8. The van der Waals surface area contributed by atoms with Crippen molar-refractivity contribution < 1.29 is 4.79 Å². The van der Waals surface area contributed by atoms with Crippen molar-refractivity contribution in [1.29, 1.82) is 0 Å². The Labute approximate surface area is 125 Å². The fraction of sp³-hybridized carbons (Fsp3) is 0. The number of anilines is 2. The van der Waals surface area contributed by atoms with E-state index < -0.39 is 5.91 Å². The average molecular weight is 296 g/mol. The summed E-state index contributed by atoms with van der Waals surface area (Å²) in [5.41, 5.74) is 8.32. The van der Waals surface area contributed by atoms with Crippen molar-refractivity contribution in [2.45, 2.75) is 0 Å². The molecule has 3 aromatic rings. The number of hydrogen-bond donors (Lipinski definition) is 2. The first kappa shape index (κ1) is 13.3. The van der Waals surface area contributed by atoms with Crippen molar-refractivity contribution in [3.8, 4) is 11.3 Å². The molecule has 0 saturated heterocycles. The Morgan fingerprint density at radius 3 is 2.76 bits per heavy atom. The number of nitrogens with zero attached hydrogens (tertiary/aromatic N) is 2. The van der Waals surface area contributed by atoms with Crippen LogP contribution in [0, 0.1) is 0 Å². The van der Waals surface area contributed by atoms with Crippen LogP contribution in [0.3, 0.4) is 0 Å². The maximum Gasteiger partial charge on any atom is 0.248 e. The van der Waals surface area contributed by atoms with Crippen molar-refractivity contribution in [2.24, 2.45) is 5.73 Å². The molecule has 3 N–H and O–H groups in total. The number of thiophene rings is 1. The number of hydrogen-bond acceptors (Lipinski definition) is 5. The fourth-order valence-corrected chi connectivity index (χ4v) is 2.50. The van der Waals surface area contributed by atoms with E-state index in [4.69, 9.17) is 5.73 Å². The Bertz CT molecular complexity index is 754. The van der Waals surface area contributed by atoms with Gasteiger partial charge in [0.1, 0.15) is 5.82 Å². The monoisotopic (exact) mass is 296 g/mol. The van der Waals surface area contributed by atoms with Crippen LogP contribution in [0.15, 0.2) is 53.5 Å². The van der Waals surface area contributed by atoms with E-state index in [1.54, 1.807) is 41.9 Å². The van der Waals surface area contributed by atoms with Crippen molar-refractivity contribution in [3.63, 3.8) is 0 Å². The first-order valence-electron chi connectivity index (χ1n) is 6.24. The van der Waals surface area contributed by atoms with Crippen LogP contribution in [0.1, 0.15) is 10.4 Å². The molecule has 0 fully saturated rings. The van der Waals surface area contributed by atoms with Crippen molar-refractivity contribution >= 4 is 28.7 Å². The van der Waals surface area contributed by atoms with Gasteiger partial charge in [-0.15, -0.1) is 0 Å². The molecule has 0 aliphatic rings. The highest BCUT2D eigenvalue weighted by Crippen LogP contribution is 2.21. The number of amides is 1. The largest absolute Gasteiger partial charge is 0.366 e. The Morgan fingerprint density at radius 2 is 2.10 bits per heavy atom. The predicted octanol–water partition coefficient (Wildman–Crippen LogP) is 3.05. The third-order valence-electron chi connectivity index (χ3n) is 2.89. The summed E-state index contributed by atoms with van der Waals surface area (Å²) in [4.78, 5) is 19.8. The van der Waals surface area contributed by atoms with Gasteiger partial charge in [0.05, 0.1) is 18.1 Å². The number of nitrogens with two attached hydrogens (primary N) is 1. The molecular weight excluding hydrogens is 284 g/mol. The second-order valence-corrected chi connectivity index (χ2v) is 5.15. The van der Waals surface area contributed by atoms with Crippen molar-refractivity contribution in [3.05, 3.63) is 59.0 Å². The van der Waals surface area contributed by atoms with E-state index in [9.17, 15) is 4.79 Å². The highest BCUT2D eigenvalue weighted by atomic mass is 32.1. The van der Waals surface area contributed by atoms with Gasteiger partial charge >= 0.3 is 0 Å². The summed E-state index contributed by atoms with van der Waals surface area (Å²) in [5, 5.41) is 7.11. The summed E-state index contributed by atoms with van der Waals surface area (Å²) in [7, 11) is 0. The molecule has 104 valence electrons. The molecule has 5 nitrogen and oxygen atoms in total. The number of carbonyl (C=O) groups is 1. The Kier molecular flexibility index (Phi) is 3.61. The number of primary amides is 1. The van der Waals surface area contributed by atoms with Gasteiger partial charge in [-0.3, -0.25) is 9.78 Å². The molecule has 0 aliphatic carbocycles. The van der Waals surface area contributed by atoms with E-state index in [-0.39, 0.29) is 0 Å². The molecule has 2 aromatic heterocycles. The maximum absolute atomic E-state index is 11.1. The first-order valence-corrected chi connectivity index (χ1v) is 7.18. The van der Waals surface area contributed by atoms with E-state index >= 15 is 0 Å². The topological polar surface area (TPSA) is 80.9 Å². The maximum atomic E-state index is 11.1. The van der Waals surface area contributed by atoms with Gasteiger partial charge in [0, 0.05) is 22.2 Å². The quantitative estimate of drug-likeness (QED) is 0.775. The Morgan fingerprint density at radius 1 is 1.19 bits per heavy atom. The normalized spacial score (nSPS) is 10.3. The molecule has 0 saturated carbocycles.